The van der Waals surface area contributed by atoms with Crippen LogP contribution in [0, 0.1) is 0 Å². The van der Waals surface area contributed by atoms with Crippen molar-refractivity contribution in [3.8, 4) is 5.75 Å². The molecule has 0 radical (unpaired) electrons. The molecule has 0 fully saturated rings. The van der Waals surface area contributed by atoms with Crippen LogP contribution in [0.4, 0.5) is 5.69 Å². The van der Waals surface area contributed by atoms with Gasteiger partial charge in [0.15, 0.2) is 0 Å². The predicted octanol–water partition coefficient (Wildman–Crippen LogP) is -0.293. The second-order valence-electron chi connectivity index (χ2n) is 3.01. The number of ether oxygens (including phenoxy) is 1. The summed E-state index contributed by atoms with van der Waals surface area (Å²) in [5.74, 6) is -0.195. The minimum atomic E-state index is -5.12. The maximum absolute atomic E-state index is 10.7. The molecule has 0 aliphatic carbocycles. The van der Waals surface area contributed by atoms with Crippen molar-refractivity contribution in [2.45, 2.75) is 4.77 Å². The summed E-state index contributed by atoms with van der Waals surface area (Å²) in [5.41, 5.74) is 5.68. The van der Waals surface area contributed by atoms with Gasteiger partial charge in [0.2, 0.25) is 0 Å². The first-order valence-electron chi connectivity index (χ1n) is 4.05. The number of nitrogens with two attached hydrogens (primary N) is 1. The van der Waals surface area contributed by atoms with Crippen molar-refractivity contribution >= 4 is 25.9 Å². The van der Waals surface area contributed by atoms with Gasteiger partial charge < -0.3 is 10.5 Å². The second-order valence-corrected chi connectivity index (χ2v) is 6.22. The highest BCUT2D eigenvalue weighted by Crippen LogP contribution is 2.18. The Morgan fingerprint density at radius 2 is 1.41 bits per heavy atom. The molecule has 0 heterocycles. The van der Waals surface area contributed by atoms with E-state index in [-0.39, 0.29) is 5.75 Å². The first-order chi connectivity index (χ1) is 7.60. The minimum Gasteiger partial charge on any atom is -0.456 e. The number of hydrogen-bond acceptors (Lipinski definition) is 6. The van der Waals surface area contributed by atoms with Crippen LogP contribution in [0.15, 0.2) is 24.3 Å². The molecule has 0 spiro atoms. The van der Waals surface area contributed by atoms with Crippen LogP contribution >= 0.6 is 0 Å². The molecule has 96 valence electrons. The fourth-order valence-corrected chi connectivity index (χ4v) is 2.63. The molecule has 8 nitrogen and oxygen atoms in total. The maximum Gasteiger partial charge on any atom is 0.348 e. The zero-order chi connectivity index (χ0) is 13.3. The molecule has 0 atom stereocenters. The van der Waals surface area contributed by atoms with E-state index in [0.717, 1.165) is 0 Å². The van der Waals surface area contributed by atoms with Crippen LogP contribution in [0.1, 0.15) is 0 Å². The van der Waals surface area contributed by atoms with Gasteiger partial charge in [0, 0.05) is 5.69 Å². The van der Waals surface area contributed by atoms with Gasteiger partial charge in [-0.2, -0.15) is 16.8 Å². The summed E-state index contributed by atoms with van der Waals surface area (Å²) < 4.78 is 61.8. The van der Waals surface area contributed by atoms with Gasteiger partial charge in [-0.25, -0.2) is 0 Å². The van der Waals surface area contributed by atoms with Crippen LogP contribution in [0.2, 0.25) is 0 Å². The zero-order valence-electron chi connectivity index (χ0n) is 8.22. The molecule has 0 aromatic heterocycles. The Morgan fingerprint density at radius 3 is 1.76 bits per heavy atom. The third kappa shape index (κ3) is 3.85. The maximum atomic E-state index is 10.7. The van der Waals surface area contributed by atoms with Gasteiger partial charge in [-0.05, 0) is 24.3 Å². The van der Waals surface area contributed by atoms with E-state index in [9.17, 15) is 16.8 Å². The van der Waals surface area contributed by atoms with E-state index in [1.54, 1.807) is 0 Å². The van der Waals surface area contributed by atoms with Crippen molar-refractivity contribution in [1.29, 1.82) is 0 Å². The molecule has 1 rings (SSSR count). The number of hydrogen-bond donors (Lipinski definition) is 3. The smallest absolute Gasteiger partial charge is 0.348 e. The van der Waals surface area contributed by atoms with E-state index < -0.39 is 25.0 Å². The van der Waals surface area contributed by atoms with E-state index in [2.05, 4.69) is 4.74 Å². The van der Waals surface area contributed by atoms with Crippen LogP contribution in [-0.4, -0.2) is 30.7 Å². The molecule has 0 unspecified atom stereocenters. The van der Waals surface area contributed by atoms with E-state index >= 15 is 0 Å². The average Bonchev–Trinajstić information content (AvgIpc) is 2.13. The SMILES string of the molecule is Nc1ccc(OC(S(=O)(=O)O)S(=O)(=O)O)cc1. The van der Waals surface area contributed by atoms with Crippen LogP contribution in [0.5, 0.6) is 5.75 Å². The third-order valence-corrected chi connectivity index (χ3v) is 4.22. The molecule has 17 heavy (non-hydrogen) atoms. The average molecular weight is 283 g/mol. The molecule has 0 amide bonds. The molecule has 0 saturated heterocycles. The van der Waals surface area contributed by atoms with Gasteiger partial charge in [0.25, 0.3) is 0 Å². The lowest BCUT2D eigenvalue weighted by molar-refractivity contribution is 0.298. The van der Waals surface area contributed by atoms with Gasteiger partial charge in [-0.3, -0.25) is 9.11 Å². The Labute approximate surface area is 97.5 Å². The van der Waals surface area contributed by atoms with Crippen LogP contribution in [0.3, 0.4) is 0 Å². The number of benzene rings is 1. The Morgan fingerprint density at radius 1 is 1.00 bits per heavy atom. The van der Waals surface area contributed by atoms with Gasteiger partial charge in [-0.15, -0.1) is 0 Å². The van der Waals surface area contributed by atoms with Crippen LogP contribution < -0.4 is 10.5 Å². The molecular weight excluding hydrogens is 274 g/mol. The van der Waals surface area contributed by atoms with Crippen molar-refractivity contribution in [2.24, 2.45) is 0 Å². The molecule has 0 bridgehead atoms. The summed E-state index contributed by atoms with van der Waals surface area (Å²) in [6.45, 7) is 0. The lowest BCUT2D eigenvalue weighted by atomic mass is 10.3. The standard InChI is InChI=1S/C7H9NO7S2/c8-5-1-3-6(4-2-5)15-7(16(9,10)11)17(12,13)14/h1-4,7H,8H2,(H,9,10,11)(H,12,13,14). The minimum absolute atomic E-state index is 0.195. The fourth-order valence-electron chi connectivity index (χ4n) is 0.933. The quantitative estimate of drug-likeness (QED) is 0.505. The first-order valence-corrected chi connectivity index (χ1v) is 7.06. The molecule has 4 N–H and O–H groups in total. The van der Waals surface area contributed by atoms with Gasteiger partial charge in [0.05, 0.1) is 0 Å². The summed E-state index contributed by atoms with van der Waals surface area (Å²) in [6, 6.07) is 5.00. The summed E-state index contributed by atoms with van der Waals surface area (Å²) >= 11 is 0. The topological polar surface area (TPSA) is 144 Å². The number of anilines is 1. The van der Waals surface area contributed by atoms with E-state index in [4.69, 9.17) is 14.8 Å². The molecule has 0 aliphatic rings. The van der Waals surface area contributed by atoms with Crippen molar-refractivity contribution in [3.05, 3.63) is 24.3 Å². The monoisotopic (exact) mass is 283 g/mol. The largest absolute Gasteiger partial charge is 0.456 e. The van der Waals surface area contributed by atoms with E-state index in [1.165, 1.54) is 24.3 Å². The number of nitrogen functional groups attached to an aromatic ring is 1. The molecule has 0 aliphatic heterocycles. The predicted molar refractivity (Wildman–Crippen MR) is 58.4 cm³/mol. The van der Waals surface area contributed by atoms with Gasteiger partial charge in [0.1, 0.15) is 5.75 Å². The second kappa shape index (κ2) is 4.49. The van der Waals surface area contributed by atoms with Crippen LogP contribution in [0.25, 0.3) is 0 Å². The first kappa shape index (κ1) is 13.7. The van der Waals surface area contributed by atoms with E-state index in [1.807, 2.05) is 0 Å². The summed E-state index contributed by atoms with van der Waals surface area (Å²) in [6.07, 6.45) is 0. The molecule has 1 aromatic rings. The van der Waals surface area contributed by atoms with Crippen molar-refractivity contribution in [1.82, 2.24) is 0 Å². The Balaban J connectivity index is 3.09. The Kier molecular flexibility index (Phi) is 3.62. The van der Waals surface area contributed by atoms with Crippen molar-refractivity contribution in [2.75, 3.05) is 5.73 Å². The van der Waals surface area contributed by atoms with Crippen LogP contribution in [-0.2, 0) is 20.2 Å². The third-order valence-electron chi connectivity index (χ3n) is 1.60. The molecule has 1 aromatic carbocycles. The Hall–Kier alpha value is -1.36. The normalized spacial score (nSPS) is 12.6. The number of rotatable bonds is 4. The van der Waals surface area contributed by atoms with Crippen molar-refractivity contribution in [3.63, 3.8) is 0 Å². The lowest BCUT2D eigenvalue weighted by Crippen LogP contribution is -2.35. The highest BCUT2D eigenvalue weighted by molar-refractivity contribution is 8.03. The summed E-state index contributed by atoms with van der Waals surface area (Å²) in [7, 11) is -10.2. The Bertz CT molecular complexity index is 558. The van der Waals surface area contributed by atoms with Crippen molar-refractivity contribution < 1.29 is 30.7 Å². The molecule has 10 heteroatoms. The zero-order valence-corrected chi connectivity index (χ0v) is 9.85. The van der Waals surface area contributed by atoms with Gasteiger partial charge >= 0.3 is 25.0 Å². The van der Waals surface area contributed by atoms with Gasteiger partial charge in [-0.1, -0.05) is 0 Å². The lowest BCUT2D eigenvalue weighted by Gasteiger charge is -2.13. The fraction of sp³-hybridized carbons (Fsp3) is 0.143. The summed E-state index contributed by atoms with van der Waals surface area (Å²) in [4.78, 5) is 0. The molecular formula is C7H9NO7S2. The highest BCUT2D eigenvalue weighted by atomic mass is 32.3. The molecule has 0 saturated carbocycles. The van der Waals surface area contributed by atoms with E-state index in [0.29, 0.717) is 5.69 Å². The summed E-state index contributed by atoms with van der Waals surface area (Å²) in [5, 5.41) is 0. The highest BCUT2D eigenvalue weighted by Gasteiger charge is 2.37.